The molecule has 6 nitrogen and oxygen atoms in total. The second-order valence-electron chi connectivity index (χ2n) is 7.33. The van der Waals surface area contributed by atoms with Crippen molar-refractivity contribution >= 4 is 34.7 Å². The van der Waals surface area contributed by atoms with E-state index in [0.29, 0.717) is 48.4 Å². The van der Waals surface area contributed by atoms with Crippen LogP contribution in [0.3, 0.4) is 0 Å². The molecule has 0 bridgehead atoms. The summed E-state index contributed by atoms with van der Waals surface area (Å²) >= 11 is 6.34. The first-order chi connectivity index (χ1) is 15.5. The summed E-state index contributed by atoms with van der Waals surface area (Å²) in [6.07, 6.45) is 3.04. The number of anilines is 3. The third-order valence-corrected chi connectivity index (χ3v) is 5.38. The molecule has 0 amide bonds. The summed E-state index contributed by atoms with van der Waals surface area (Å²) in [4.78, 5) is 22.4. The maximum absolute atomic E-state index is 14.7. The number of nitrogens with one attached hydrogen (secondary N) is 1. The third kappa shape index (κ3) is 5.12. The first-order valence-corrected chi connectivity index (χ1v) is 10.6. The number of hydrogen-bond acceptors (Lipinski definition) is 6. The van der Waals surface area contributed by atoms with Crippen LogP contribution >= 0.6 is 11.6 Å². The van der Waals surface area contributed by atoms with Gasteiger partial charge in [0, 0.05) is 30.8 Å². The molecule has 0 unspecified atom stereocenters. The lowest BCUT2D eigenvalue weighted by atomic mass is 10.0. The van der Waals surface area contributed by atoms with Crippen molar-refractivity contribution in [3.8, 4) is 11.3 Å². The largest absolute Gasteiger partial charge is 0.378 e. The minimum absolute atomic E-state index is 0.0687. The Balaban J connectivity index is 1.56. The number of benzene rings is 2. The Kier molecular flexibility index (Phi) is 6.78. The second-order valence-corrected chi connectivity index (χ2v) is 7.74. The molecular formula is C24H22ClFN4O2. The van der Waals surface area contributed by atoms with Gasteiger partial charge >= 0.3 is 0 Å². The van der Waals surface area contributed by atoms with Gasteiger partial charge in [0.15, 0.2) is 5.78 Å². The Morgan fingerprint density at radius 3 is 2.81 bits per heavy atom. The van der Waals surface area contributed by atoms with Crippen LogP contribution in [-0.2, 0) is 16.0 Å². The fourth-order valence-corrected chi connectivity index (χ4v) is 3.71. The SMILES string of the molecule is C=CC(=O)Cc1cccc(-c2nc(Nc3ccc(N4CCOCC4)c(F)c3)ncc2Cl)c1. The number of ketones is 1. The average molecular weight is 453 g/mol. The summed E-state index contributed by atoms with van der Waals surface area (Å²) in [5.74, 6) is -0.109. The van der Waals surface area contributed by atoms with Crippen molar-refractivity contribution in [1.82, 2.24) is 9.97 Å². The molecule has 0 aliphatic carbocycles. The summed E-state index contributed by atoms with van der Waals surface area (Å²) < 4.78 is 20.0. The van der Waals surface area contributed by atoms with Crippen LogP contribution in [0.15, 0.2) is 61.3 Å². The summed E-state index contributed by atoms with van der Waals surface area (Å²) in [5, 5.41) is 3.41. The van der Waals surface area contributed by atoms with Gasteiger partial charge in [-0.3, -0.25) is 4.79 Å². The zero-order valence-electron chi connectivity index (χ0n) is 17.4. The Hall–Kier alpha value is -3.29. The highest BCUT2D eigenvalue weighted by molar-refractivity contribution is 6.32. The third-order valence-electron chi connectivity index (χ3n) is 5.11. The monoisotopic (exact) mass is 452 g/mol. The summed E-state index contributed by atoms with van der Waals surface area (Å²) in [6.45, 7) is 6.00. The van der Waals surface area contributed by atoms with Crippen LogP contribution in [0.2, 0.25) is 5.02 Å². The maximum atomic E-state index is 14.7. The van der Waals surface area contributed by atoms with E-state index < -0.39 is 0 Å². The molecule has 1 aromatic heterocycles. The van der Waals surface area contributed by atoms with Gasteiger partial charge in [0.1, 0.15) is 5.82 Å². The number of carbonyl (C=O) groups is 1. The smallest absolute Gasteiger partial charge is 0.227 e. The molecule has 4 rings (SSSR count). The topological polar surface area (TPSA) is 67.4 Å². The Bertz CT molecular complexity index is 1150. The van der Waals surface area contributed by atoms with Crippen LogP contribution in [0.4, 0.5) is 21.7 Å². The van der Waals surface area contributed by atoms with E-state index in [2.05, 4.69) is 21.9 Å². The lowest BCUT2D eigenvalue weighted by Crippen LogP contribution is -2.36. The predicted octanol–water partition coefficient (Wildman–Crippen LogP) is 4.81. The van der Waals surface area contributed by atoms with E-state index in [1.54, 1.807) is 12.1 Å². The highest BCUT2D eigenvalue weighted by Gasteiger charge is 2.16. The molecule has 1 aliphatic heterocycles. The first kappa shape index (κ1) is 21.9. The molecule has 164 valence electrons. The van der Waals surface area contributed by atoms with Crippen molar-refractivity contribution in [2.24, 2.45) is 0 Å². The van der Waals surface area contributed by atoms with Crippen molar-refractivity contribution in [3.05, 3.63) is 77.7 Å². The molecule has 1 N–H and O–H groups in total. The highest BCUT2D eigenvalue weighted by Crippen LogP contribution is 2.29. The zero-order valence-corrected chi connectivity index (χ0v) is 18.1. The first-order valence-electron chi connectivity index (χ1n) is 10.2. The fraction of sp³-hybridized carbons (Fsp3) is 0.208. The summed E-state index contributed by atoms with van der Waals surface area (Å²) in [6, 6.07) is 12.4. The molecule has 2 aromatic carbocycles. The normalized spacial score (nSPS) is 13.6. The van der Waals surface area contributed by atoms with Crippen LogP contribution < -0.4 is 10.2 Å². The maximum Gasteiger partial charge on any atom is 0.227 e. The molecule has 8 heteroatoms. The lowest BCUT2D eigenvalue weighted by Gasteiger charge is -2.29. The minimum Gasteiger partial charge on any atom is -0.378 e. The highest BCUT2D eigenvalue weighted by atomic mass is 35.5. The number of carbonyl (C=O) groups excluding carboxylic acids is 1. The quantitative estimate of drug-likeness (QED) is 0.519. The number of nitrogens with zero attached hydrogens (tertiary/aromatic N) is 3. The van der Waals surface area contributed by atoms with Gasteiger partial charge in [0.05, 0.1) is 35.8 Å². The van der Waals surface area contributed by atoms with Crippen LogP contribution in [0.25, 0.3) is 11.3 Å². The van der Waals surface area contributed by atoms with Crippen molar-refractivity contribution in [2.45, 2.75) is 6.42 Å². The van der Waals surface area contributed by atoms with E-state index in [1.807, 2.05) is 29.2 Å². The second kappa shape index (κ2) is 9.89. The lowest BCUT2D eigenvalue weighted by molar-refractivity contribution is -0.114. The molecule has 1 saturated heterocycles. The molecule has 3 aromatic rings. The standard InChI is InChI=1S/C24H22ClFN4O2/c1-2-19(31)13-16-4-3-5-17(12-16)23-20(25)15-27-24(29-23)28-18-6-7-22(21(26)14-18)30-8-10-32-11-9-30/h2-7,12,14-15H,1,8-11,13H2,(H,27,28,29). The van der Waals surface area contributed by atoms with Crippen molar-refractivity contribution in [3.63, 3.8) is 0 Å². The number of morpholine rings is 1. The fourth-order valence-electron chi connectivity index (χ4n) is 3.51. The van der Waals surface area contributed by atoms with Gasteiger partial charge in [0.25, 0.3) is 0 Å². The molecule has 1 aliphatic rings. The van der Waals surface area contributed by atoms with Crippen molar-refractivity contribution in [1.29, 1.82) is 0 Å². The van der Waals surface area contributed by atoms with E-state index >= 15 is 0 Å². The number of ether oxygens (including phenoxy) is 1. The zero-order chi connectivity index (χ0) is 22.5. The molecule has 1 fully saturated rings. The van der Waals surface area contributed by atoms with Crippen molar-refractivity contribution < 1.29 is 13.9 Å². The number of rotatable bonds is 7. The number of allylic oxidation sites excluding steroid dienone is 1. The van der Waals surface area contributed by atoms with Gasteiger partial charge in [-0.2, -0.15) is 0 Å². The molecule has 0 saturated carbocycles. The van der Waals surface area contributed by atoms with Gasteiger partial charge in [-0.1, -0.05) is 36.4 Å². The molecule has 32 heavy (non-hydrogen) atoms. The Morgan fingerprint density at radius 2 is 2.06 bits per heavy atom. The molecule has 0 spiro atoms. The molecule has 0 atom stereocenters. The van der Waals surface area contributed by atoms with Crippen LogP contribution in [0.5, 0.6) is 0 Å². The number of hydrogen-bond donors (Lipinski definition) is 1. The van der Waals surface area contributed by atoms with E-state index in [-0.39, 0.29) is 24.0 Å². The Morgan fingerprint density at radius 1 is 1.25 bits per heavy atom. The van der Waals surface area contributed by atoms with Gasteiger partial charge in [-0.05, 0) is 35.9 Å². The minimum atomic E-state index is -0.328. The van der Waals surface area contributed by atoms with Crippen LogP contribution in [0.1, 0.15) is 5.56 Å². The predicted molar refractivity (Wildman–Crippen MR) is 124 cm³/mol. The van der Waals surface area contributed by atoms with Gasteiger partial charge in [0.2, 0.25) is 5.95 Å². The number of halogens is 2. The van der Waals surface area contributed by atoms with Gasteiger partial charge < -0.3 is 15.0 Å². The Labute approximate surface area is 190 Å². The van der Waals surface area contributed by atoms with Gasteiger partial charge in [-0.25, -0.2) is 14.4 Å². The van der Waals surface area contributed by atoms with Crippen LogP contribution in [-0.4, -0.2) is 42.1 Å². The molecule has 0 radical (unpaired) electrons. The average Bonchev–Trinajstić information content (AvgIpc) is 2.81. The van der Waals surface area contributed by atoms with E-state index in [9.17, 15) is 9.18 Å². The summed E-state index contributed by atoms with van der Waals surface area (Å²) in [5.41, 5.74) is 3.17. The van der Waals surface area contributed by atoms with E-state index in [1.165, 1.54) is 18.3 Å². The van der Waals surface area contributed by atoms with E-state index in [0.717, 1.165) is 11.1 Å². The molecular weight excluding hydrogens is 431 g/mol. The van der Waals surface area contributed by atoms with Gasteiger partial charge in [-0.15, -0.1) is 0 Å². The van der Waals surface area contributed by atoms with E-state index in [4.69, 9.17) is 16.3 Å². The van der Waals surface area contributed by atoms with Crippen molar-refractivity contribution in [2.75, 3.05) is 36.5 Å². The molecule has 2 heterocycles. The van der Waals surface area contributed by atoms with Crippen LogP contribution in [0, 0.1) is 5.82 Å². The number of aromatic nitrogens is 2. The summed E-state index contributed by atoms with van der Waals surface area (Å²) in [7, 11) is 0.